The molecule has 164 valence electrons. The predicted octanol–water partition coefficient (Wildman–Crippen LogP) is 4.10. The van der Waals surface area contributed by atoms with Gasteiger partial charge in [0.25, 0.3) is 5.91 Å². The van der Waals surface area contributed by atoms with Crippen LogP contribution in [-0.4, -0.2) is 38.9 Å². The first-order valence-electron chi connectivity index (χ1n) is 9.84. The maximum Gasteiger partial charge on any atom is 0.254 e. The summed E-state index contributed by atoms with van der Waals surface area (Å²) in [7, 11) is 0. The number of aryl methyl sites for hydroxylation is 1. The van der Waals surface area contributed by atoms with E-state index in [1.807, 2.05) is 42.0 Å². The zero-order chi connectivity index (χ0) is 22.5. The highest BCUT2D eigenvalue weighted by atomic mass is 32.2. The van der Waals surface area contributed by atoms with Crippen molar-refractivity contribution in [3.8, 4) is 0 Å². The van der Waals surface area contributed by atoms with Gasteiger partial charge in [-0.25, -0.2) is 4.39 Å². The Morgan fingerprint density at radius 2 is 1.91 bits per heavy atom. The molecule has 0 saturated carbocycles. The third-order valence-corrected chi connectivity index (χ3v) is 6.44. The molecule has 0 atom stereocenters. The van der Waals surface area contributed by atoms with Gasteiger partial charge in [-0.15, -0.1) is 22.0 Å². The minimum atomic E-state index is -0.544. The zero-order valence-corrected chi connectivity index (χ0v) is 18.8. The number of rotatable bonds is 8. The largest absolute Gasteiger partial charge is 0.350 e. The highest BCUT2D eigenvalue weighted by molar-refractivity contribution is 8.00. The van der Waals surface area contributed by atoms with Crippen molar-refractivity contribution in [2.45, 2.75) is 18.4 Å². The second-order valence-corrected chi connectivity index (χ2v) is 9.10. The molecule has 2 aromatic carbocycles. The van der Waals surface area contributed by atoms with Crippen molar-refractivity contribution in [3.05, 3.63) is 71.1 Å². The van der Waals surface area contributed by atoms with Crippen LogP contribution in [0.4, 0.5) is 9.52 Å². The number of carbonyl (C=O) groups excluding carboxylic acids is 2. The summed E-state index contributed by atoms with van der Waals surface area (Å²) in [5, 5.41) is 15.6. The minimum absolute atomic E-state index is 0.0257. The molecule has 0 aliphatic heterocycles. The molecule has 0 aliphatic carbocycles. The van der Waals surface area contributed by atoms with Crippen LogP contribution in [-0.2, 0) is 11.3 Å². The van der Waals surface area contributed by atoms with Gasteiger partial charge in [0.1, 0.15) is 10.8 Å². The Balaban J connectivity index is 1.39. The lowest BCUT2D eigenvalue weighted by atomic mass is 10.2. The van der Waals surface area contributed by atoms with Crippen LogP contribution >= 0.6 is 23.1 Å². The molecule has 0 fully saturated rings. The van der Waals surface area contributed by atoms with Gasteiger partial charge in [-0.05, 0) is 25.1 Å². The third kappa shape index (κ3) is 5.14. The third-order valence-electron chi connectivity index (χ3n) is 4.64. The van der Waals surface area contributed by atoms with Gasteiger partial charge >= 0.3 is 0 Å². The molecule has 10 heteroatoms. The van der Waals surface area contributed by atoms with Crippen molar-refractivity contribution in [3.63, 3.8) is 0 Å². The van der Waals surface area contributed by atoms with Gasteiger partial charge in [0.2, 0.25) is 11.0 Å². The molecule has 0 radical (unpaired) electrons. The molecule has 2 N–H and O–H groups in total. The Morgan fingerprint density at radius 3 is 2.69 bits per heavy atom. The molecule has 0 bridgehead atoms. The lowest BCUT2D eigenvalue weighted by Crippen LogP contribution is -2.27. The first-order valence-corrected chi connectivity index (χ1v) is 11.6. The number of hydrogen-bond donors (Lipinski definition) is 2. The van der Waals surface area contributed by atoms with E-state index >= 15 is 0 Å². The summed E-state index contributed by atoms with van der Waals surface area (Å²) >= 11 is 2.76. The summed E-state index contributed by atoms with van der Waals surface area (Å²) in [6.07, 6.45) is 1.97. The van der Waals surface area contributed by atoms with Crippen molar-refractivity contribution in [2.75, 3.05) is 17.6 Å². The number of aromatic nitrogens is 3. The number of halogens is 1. The minimum Gasteiger partial charge on any atom is -0.350 e. The van der Waals surface area contributed by atoms with E-state index in [-0.39, 0.29) is 17.2 Å². The van der Waals surface area contributed by atoms with Gasteiger partial charge in [0, 0.05) is 35.1 Å². The standard InChI is InChI=1S/C22H20FN5O2S2/c1-14-26-27-22(32-14)25-20(29)13-31-19-12-28(18-9-5-3-7-16(18)19)11-10-24-21(30)15-6-2-4-8-17(15)23/h2-9,12H,10-11,13H2,1H3,(H,24,30)(H,25,27,29). The number of carbonyl (C=O) groups is 2. The molecule has 4 rings (SSSR count). The van der Waals surface area contributed by atoms with Crippen LogP contribution < -0.4 is 10.6 Å². The smallest absolute Gasteiger partial charge is 0.254 e. The number of amides is 2. The Bertz CT molecular complexity index is 1270. The molecule has 2 aromatic heterocycles. The van der Waals surface area contributed by atoms with Crippen LogP contribution in [0.5, 0.6) is 0 Å². The van der Waals surface area contributed by atoms with Gasteiger partial charge in [0.05, 0.1) is 11.3 Å². The summed E-state index contributed by atoms with van der Waals surface area (Å²) in [4.78, 5) is 25.5. The van der Waals surface area contributed by atoms with E-state index in [0.717, 1.165) is 20.8 Å². The average Bonchev–Trinajstić information content (AvgIpc) is 3.35. The van der Waals surface area contributed by atoms with E-state index in [4.69, 9.17) is 0 Å². The summed E-state index contributed by atoms with van der Waals surface area (Å²) in [6, 6.07) is 13.8. The van der Waals surface area contributed by atoms with E-state index in [0.29, 0.717) is 18.2 Å². The van der Waals surface area contributed by atoms with Gasteiger partial charge < -0.3 is 9.88 Å². The molecule has 2 amide bonds. The topological polar surface area (TPSA) is 88.9 Å². The number of fused-ring (bicyclic) bond motifs is 1. The summed E-state index contributed by atoms with van der Waals surface area (Å²) in [5.74, 6) is -0.911. The van der Waals surface area contributed by atoms with Crippen molar-refractivity contribution < 1.29 is 14.0 Å². The Labute approximate surface area is 192 Å². The number of benzene rings is 2. The molecule has 0 aliphatic rings. The number of hydrogen-bond acceptors (Lipinski definition) is 6. The first kappa shape index (κ1) is 22.0. The summed E-state index contributed by atoms with van der Waals surface area (Å²) in [6.45, 7) is 2.68. The lowest BCUT2D eigenvalue weighted by Gasteiger charge is -2.08. The fourth-order valence-corrected chi connectivity index (χ4v) is 4.69. The van der Waals surface area contributed by atoms with Crippen LogP contribution in [0.15, 0.2) is 59.6 Å². The average molecular weight is 470 g/mol. The normalized spacial score (nSPS) is 10.9. The number of thioether (sulfide) groups is 1. The van der Waals surface area contributed by atoms with E-state index in [2.05, 4.69) is 20.8 Å². The second kappa shape index (κ2) is 9.92. The maximum atomic E-state index is 13.8. The second-order valence-electron chi connectivity index (χ2n) is 6.90. The first-order chi connectivity index (χ1) is 15.5. The molecule has 0 saturated heterocycles. The number of para-hydroxylation sites is 1. The highest BCUT2D eigenvalue weighted by Crippen LogP contribution is 2.30. The van der Waals surface area contributed by atoms with Crippen molar-refractivity contribution >= 4 is 50.9 Å². The van der Waals surface area contributed by atoms with Crippen LogP contribution in [0.1, 0.15) is 15.4 Å². The van der Waals surface area contributed by atoms with Crippen molar-refractivity contribution in [1.82, 2.24) is 20.1 Å². The van der Waals surface area contributed by atoms with Gasteiger partial charge in [-0.1, -0.05) is 41.7 Å². The molecular weight excluding hydrogens is 449 g/mol. The number of anilines is 1. The van der Waals surface area contributed by atoms with Gasteiger partial charge in [0.15, 0.2) is 0 Å². The molecule has 2 heterocycles. The SMILES string of the molecule is Cc1nnc(NC(=O)CSc2cn(CCNC(=O)c3ccccc3F)c3ccccc23)s1. The zero-order valence-electron chi connectivity index (χ0n) is 17.2. The quantitative estimate of drug-likeness (QED) is 0.379. The lowest BCUT2D eigenvalue weighted by molar-refractivity contribution is -0.113. The van der Waals surface area contributed by atoms with Crippen LogP contribution in [0, 0.1) is 12.7 Å². The Hall–Kier alpha value is -3.24. The van der Waals surface area contributed by atoms with E-state index in [9.17, 15) is 14.0 Å². The molecule has 4 aromatic rings. The number of nitrogens with zero attached hydrogens (tertiary/aromatic N) is 3. The van der Waals surface area contributed by atoms with Gasteiger partial charge in [-0.2, -0.15) is 0 Å². The fraction of sp³-hybridized carbons (Fsp3) is 0.182. The number of nitrogens with one attached hydrogen (secondary N) is 2. The van der Waals surface area contributed by atoms with E-state index in [1.54, 1.807) is 12.1 Å². The van der Waals surface area contributed by atoms with Gasteiger partial charge in [-0.3, -0.25) is 14.9 Å². The summed E-state index contributed by atoms with van der Waals surface area (Å²) < 4.78 is 15.8. The Kier molecular flexibility index (Phi) is 6.81. The monoisotopic (exact) mass is 469 g/mol. The van der Waals surface area contributed by atoms with Crippen molar-refractivity contribution in [1.29, 1.82) is 0 Å². The molecule has 7 nitrogen and oxygen atoms in total. The Morgan fingerprint density at radius 1 is 1.12 bits per heavy atom. The maximum absolute atomic E-state index is 13.8. The van der Waals surface area contributed by atoms with Crippen LogP contribution in [0.25, 0.3) is 10.9 Å². The summed E-state index contributed by atoms with van der Waals surface area (Å²) in [5.41, 5.74) is 1.02. The molecule has 0 spiro atoms. The van der Waals surface area contributed by atoms with E-state index in [1.165, 1.54) is 35.2 Å². The molecule has 0 unspecified atom stereocenters. The van der Waals surface area contributed by atoms with E-state index < -0.39 is 11.7 Å². The fourth-order valence-electron chi connectivity index (χ4n) is 3.19. The molecular formula is C22H20FN5O2S2. The van der Waals surface area contributed by atoms with Crippen molar-refractivity contribution in [2.24, 2.45) is 0 Å². The predicted molar refractivity (Wildman–Crippen MR) is 125 cm³/mol. The highest BCUT2D eigenvalue weighted by Gasteiger charge is 2.13. The molecule has 32 heavy (non-hydrogen) atoms. The van der Waals surface area contributed by atoms with Crippen LogP contribution in [0.3, 0.4) is 0 Å². The van der Waals surface area contributed by atoms with Crippen LogP contribution in [0.2, 0.25) is 0 Å².